The molecule has 0 aliphatic carbocycles. The Hall–Kier alpha value is -0.612. The zero-order valence-electron chi connectivity index (χ0n) is 5.65. The Morgan fingerprint density at radius 3 is 0.909 bits per heavy atom. The zero-order chi connectivity index (χ0) is 7.07. The summed E-state index contributed by atoms with van der Waals surface area (Å²) in [6.07, 6.45) is 0. The van der Waals surface area contributed by atoms with Crippen LogP contribution in [0.4, 0.5) is 0 Å². The summed E-state index contributed by atoms with van der Waals surface area (Å²) in [5.41, 5.74) is 0. The van der Waals surface area contributed by atoms with Crippen molar-refractivity contribution in [3.05, 3.63) is 60.7 Å². The van der Waals surface area contributed by atoms with Crippen molar-refractivity contribution in [2.45, 2.75) is 0 Å². The molecule has 0 N–H and O–H groups in total. The van der Waals surface area contributed by atoms with E-state index in [9.17, 15) is 0 Å². The second-order valence-corrected chi connectivity index (χ2v) is 1.37. The minimum Gasteiger partial charge on any atom is -0.999 e. The van der Waals surface area contributed by atoms with Crippen molar-refractivity contribution in [1.29, 1.82) is 0 Å². The fourth-order valence-corrected chi connectivity index (χ4v) is 0.361. The van der Waals surface area contributed by atoms with Gasteiger partial charge in [-0.2, -0.15) is 0 Å². The summed E-state index contributed by atoms with van der Waals surface area (Å²) < 4.78 is 0. The van der Waals surface area contributed by atoms with E-state index in [0.29, 0.717) is 0 Å². The van der Waals surface area contributed by atoms with E-state index in [1.807, 2.05) is 0 Å². The van der Waals surface area contributed by atoms with Gasteiger partial charge in [0.05, 0.1) is 0 Å². The van der Waals surface area contributed by atoms with Crippen molar-refractivity contribution in [3.63, 3.8) is 0 Å². The molecule has 0 saturated heterocycles. The molecule has 0 fully saturated rings. The van der Waals surface area contributed by atoms with E-state index < -0.39 is 0 Å². The van der Waals surface area contributed by atoms with Crippen molar-refractivity contribution >= 4 is 0 Å². The molecule has 0 aliphatic heterocycles. The fourth-order valence-electron chi connectivity index (χ4n) is 0.361. The molecular formula is C10H4W-10. The monoisotopic (exact) mass is 308 g/mol. The van der Waals surface area contributed by atoms with E-state index in [4.69, 9.17) is 0 Å². The van der Waals surface area contributed by atoms with Crippen LogP contribution in [0, 0.1) is 48.5 Å². The van der Waals surface area contributed by atoms with E-state index in [2.05, 4.69) is 48.5 Å². The fraction of sp³-hybridized carbons (Fsp3) is 0. The first-order valence-electron chi connectivity index (χ1n) is 2.65. The van der Waals surface area contributed by atoms with Gasteiger partial charge in [0, 0.05) is 0 Å². The molecular weight excluding hydrogens is 304 g/mol. The van der Waals surface area contributed by atoms with Gasteiger partial charge >= 0.3 is 21.1 Å². The summed E-state index contributed by atoms with van der Waals surface area (Å²) >= 11 is 0. The Morgan fingerprint density at radius 1 is 0.545 bits per heavy atom. The van der Waals surface area contributed by atoms with Crippen LogP contribution in [0.5, 0.6) is 0 Å². The van der Waals surface area contributed by atoms with Gasteiger partial charge < -0.3 is 60.7 Å². The van der Waals surface area contributed by atoms with Crippen LogP contribution in [0.15, 0.2) is 12.1 Å². The molecule has 0 spiro atoms. The molecule has 60 valence electrons. The van der Waals surface area contributed by atoms with Gasteiger partial charge in [-0.25, -0.2) is 0 Å². The quantitative estimate of drug-likeness (QED) is 0.628. The number of hydrogen-bond acceptors (Lipinski definition) is 0. The largest absolute Gasteiger partial charge is 0.999 e. The molecule has 0 saturated carbocycles. The topological polar surface area (TPSA) is 0 Å². The third kappa shape index (κ3) is 5.81. The third-order valence-corrected chi connectivity index (χ3v) is 0.702. The van der Waals surface area contributed by atoms with Gasteiger partial charge in [-0.15, -0.1) is 0 Å². The Balaban J connectivity index is 0.000000167. The summed E-state index contributed by atoms with van der Waals surface area (Å²) in [5.74, 6) is 0. The van der Waals surface area contributed by atoms with Crippen molar-refractivity contribution in [1.82, 2.24) is 0 Å². The first-order chi connectivity index (χ1) is 5.00. The van der Waals surface area contributed by atoms with E-state index in [-0.39, 0.29) is 21.1 Å². The Morgan fingerprint density at radius 2 is 0.818 bits per heavy atom. The van der Waals surface area contributed by atoms with Gasteiger partial charge in [0.2, 0.25) is 0 Å². The second-order valence-electron chi connectivity index (χ2n) is 1.37. The van der Waals surface area contributed by atoms with Crippen LogP contribution in [0.25, 0.3) is 0 Å². The van der Waals surface area contributed by atoms with Crippen molar-refractivity contribution in [2.75, 3.05) is 0 Å². The van der Waals surface area contributed by atoms with Gasteiger partial charge in [0.1, 0.15) is 0 Å². The van der Waals surface area contributed by atoms with Crippen LogP contribution in [0.2, 0.25) is 0 Å². The normalized spacial score (nSPS) is 7.27. The smallest absolute Gasteiger partial charge is 0.800 e. The van der Waals surface area contributed by atoms with Gasteiger partial charge in [-0.3, -0.25) is 0 Å². The molecule has 11 heavy (non-hydrogen) atoms. The molecule has 0 nitrogen and oxygen atoms in total. The molecule has 0 radical (unpaired) electrons. The first kappa shape index (κ1) is 10.4. The predicted molar refractivity (Wildman–Crippen MR) is 37.5 cm³/mol. The molecule has 0 unspecified atom stereocenters. The van der Waals surface area contributed by atoms with Crippen LogP contribution in [0.3, 0.4) is 0 Å². The SMILES string of the molecule is [WH2].[c-]1[c-][c-][cH-][c-]1.[c-]1[c-][c-][cH-][c-]1. The van der Waals surface area contributed by atoms with Crippen molar-refractivity contribution in [3.8, 4) is 0 Å². The molecule has 0 aromatic heterocycles. The Bertz CT molecular complexity index is 144. The molecule has 2 aromatic rings. The maximum atomic E-state index is 2.62. The molecule has 0 aliphatic rings. The van der Waals surface area contributed by atoms with E-state index >= 15 is 0 Å². The van der Waals surface area contributed by atoms with Crippen LogP contribution < -0.4 is 0 Å². The summed E-state index contributed by atoms with van der Waals surface area (Å²) in [7, 11) is 0. The summed E-state index contributed by atoms with van der Waals surface area (Å²) in [6, 6.07) is 24.0. The maximum absolute atomic E-state index is 2.62. The van der Waals surface area contributed by atoms with Gasteiger partial charge in [-0.1, -0.05) is 0 Å². The van der Waals surface area contributed by atoms with Crippen LogP contribution in [0.1, 0.15) is 0 Å². The second kappa shape index (κ2) is 7.49. The van der Waals surface area contributed by atoms with Crippen molar-refractivity contribution < 1.29 is 21.1 Å². The Kier molecular flexibility index (Phi) is 7.08. The number of hydrogen-bond donors (Lipinski definition) is 0. The summed E-state index contributed by atoms with van der Waals surface area (Å²) in [6.45, 7) is 0. The standard InChI is InChI=1S/2C5H.W.2H/c2*1-2-4-5-3-1;;;/h2*1H;;;/q2*-5;;;. The van der Waals surface area contributed by atoms with Gasteiger partial charge in [0.15, 0.2) is 0 Å². The molecule has 1 heteroatoms. The summed E-state index contributed by atoms with van der Waals surface area (Å²) in [5, 5.41) is 0. The minimum absolute atomic E-state index is 0. The molecule has 0 bridgehead atoms. The zero-order valence-corrected chi connectivity index (χ0v) is 9.25. The maximum Gasteiger partial charge on any atom is -0.800 e. The first-order valence-corrected chi connectivity index (χ1v) is 2.65. The molecule has 0 atom stereocenters. The average Bonchev–Trinajstić information content (AvgIpc) is 2.67. The molecule has 2 aromatic carbocycles. The molecule has 0 amide bonds. The van der Waals surface area contributed by atoms with E-state index in [1.165, 1.54) is 0 Å². The van der Waals surface area contributed by atoms with Crippen LogP contribution in [-0.2, 0) is 21.1 Å². The number of rotatable bonds is 0. The van der Waals surface area contributed by atoms with E-state index in [1.54, 1.807) is 12.1 Å². The average molecular weight is 308 g/mol. The predicted octanol–water partition coefficient (Wildman–Crippen LogP) is 0.675. The van der Waals surface area contributed by atoms with Crippen LogP contribution >= 0.6 is 0 Å². The molecule has 2 rings (SSSR count). The third-order valence-electron chi connectivity index (χ3n) is 0.702. The minimum atomic E-state index is 0. The van der Waals surface area contributed by atoms with Crippen LogP contribution in [-0.4, -0.2) is 0 Å². The molecule has 0 heterocycles. The van der Waals surface area contributed by atoms with Gasteiger partial charge in [0.25, 0.3) is 0 Å². The van der Waals surface area contributed by atoms with Crippen molar-refractivity contribution in [2.24, 2.45) is 0 Å². The van der Waals surface area contributed by atoms with Gasteiger partial charge in [-0.05, 0) is 0 Å². The van der Waals surface area contributed by atoms with E-state index in [0.717, 1.165) is 0 Å². The Labute approximate surface area is 81.9 Å². The summed E-state index contributed by atoms with van der Waals surface area (Å²) in [4.78, 5) is 0.